The number of aromatic amines is 1. The van der Waals surface area contributed by atoms with Crippen LogP contribution in [0.1, 0.15) is 0 Å². The zero-order valence-electron chi connectivity index (χ0n) is 9.08. The Labute approximate surface area is 115 Å². The molecule has 100 valence electrons. The molecule has 0 saturated carbocycles. The van der Waals surface area contributed by atoms with E-state index in [1.807, 2.05) is 22.6 Å². The van der Waals surface area contributed by atoms with Crippen LogP contribution < -0.4 is 11.0 Å². The highest BCUT2D eigenvalue weighted by Crippen LogP contribution is 2.23. The fourth-order valence-corrected chi connectivity index (χ4v) is 2.07. The molecule has 1 fully saturated rings. The molecule has 0 aromatic carbocycles. The van der Waals surface area contributed by atoms with Gasteiger partial charge in [-0.1, -0.05) is 0 Å². The second-order valence-electron chi connectivity index (χ2n) is 3.81. The summed E-state index contributed by atoms with van der Waals surface area (Å²) in [6.07, 6.45) is -2.73. The lowest BCUT2D eigenvalue weighted by Crippen LogP contribution is -2.37. The topological polar surface area (TPSA) is 128 Å². The van der Waals surface area contributed by atoms with Crippen molar-refractivity contribution in [3.8, 4) is 0 Å². The molecule has 2 heterocycles. The summed E-state index contributed by atoms with van der Waals surface area (Å²) < 4.78 is 5.85. The molecule has 0 radical (unpaired) electrons. The largest absolute Gasteiger partial charge is 0.394 e. The average molecular weight is 369 g/mol. The summed E-state index contributed by atoms with van der Waals surface area (Å²) >= 11 is 1.95. The number of nitrogens with one attached hydrogen (secondary N) is 2. The number of aliphatic hydroxyl groups is 3. The molecule has 5 N–H and O–H groups in total. The molecule has 1 aromatic heterocycles. The maximum absolute atomic E-state index is 11.1. The minimum atomic E-state index is -1.21. The van der Waals surface area contributed by atoms with Crippen molar-refractivity contribution in [3.63, 3.8) is 0 Å². The molecule has 0 unspecified atom stereocenters. The third kappa shape index (κ3) is 2.64. The number of hydrogen-bond acceptors (Lipinski definition) is 7. The van der Waals surface area contributed by atoms with Crippen LogP contribution in [-0.2, 0) is 4.74 Å². The van der Waals surface area contributed by atoms with Crippen LogP contribution in [0.5, 0.6) is 0 Å². The van der Waals surface area contributed by atoms with Gasteiger partial charge >= 0.3 is 5.69 Å². The lowest BCUT2D eigenvalue weighted by Gasteiger charge is -2.17. The summed E-state index contributed by atoms with van der Waals surface area (Å²) in [5.74, 6) is 0.245. The summed E-state index contributed by atoms with van der Waals surface area (Å²) in [4.78, 5) is 17.2. The van der Waals surface area contributed by atoms with Gasteiger partial charge < -0.3 is 30.4 Å². The number of nitrogens with zero attached hydrogens (tertiary/aromatic N) is 1. The molecule has 0 spiro atoms. The van der Waals surface area contributed by atoms with Crippen LogP contribution in [0.15, 0.2) is 11.0 Å². The highest BCUT2D eigenvalue weighted by molar-refractivity contribution is 14.1. The van der Waals surface area contributed by atoms with Crippen molar-refractivity contribution in [2.75, 3.05) is 11.9 Å². The van der Waals surface area contributed by atoms with Crippen molar-refractivity contribution in [1.82, 2.24) is 9.97 Å². The van der Waals surface area contributed by atoms with Crippen LogP contribution in [0.3, 0.4) is 0 Å². The smallest absolute Gasteiger partial charge is 0.346 e. The number of aromatic nitrogens is 2. The molecule has 0 aliphatic carbocycles. The Bertz CT molecular complexity index is 482. The zero-order chi connectivity index (χ0) is 13.3. The van der Waals surface area contributed by atoms with E-state index in [0.29, 0.717) is 3.57 Å². The number of halogens is 1. The Hall–Kier alpha value is -0.750. The van der Waals surface area contributed by atoms with Crippen molar-refractivity contribution in [2.24, 2.45) is 0 Å². The van der Waals surface area contributed by atoms with Gasteiger partial charge in [0.1, 0.15) is 24.1 Å². The Morgan fingerprint density at radius 1 is 1.50 bits per heavy atom. The SMILES string of the molecule is O=c1nc(N[C@@H]2O[C@H](CO)[C@H](O)[C@H]2O)c(I)c[nH]1. The molecule has 18 heavy (non-hydrogen) atoms. The van der Waals surface area contributed by atoms with Crippen molar-refractivity contribution < 1.29 is 20.1 Å². The van der Waals surface area contributed by atoms with Crippen LogP contribution in [0, 0.1) is 3.57 Å². The number of anilines is 1. The van der Waals surface area contributed by atoms with Crippen molar-refractivity contribution in [3.05, 3.63) is 20.3 Å². The van der Waals surface area contributed by atoms with Crippen LogP contribution in [0.4, 0.5) is 5.82 Å². The lowest BCUT2D eigenvalue weighted by molar-refractivity contribution is -0.0154. The number of aliphatic hydroxyl groups excluding tert-OH is 3. The minimum Gasteiger partial charge on any atom is -0.394 e. The maximum atomic E-state index is 11.1. The van der Waals surface area contributed by atoms with E-state index in [-0.39, 0.29) is 5.82 Å². The Morgan fingerprint density at radius 3 is 2.83 bits per heavy atom. The van der Waals surface area contributed by atoms with E-state index >= 15 is 0 Å². The fraction of sp³-hybridized carbons (Fsp3) is 0.556. The summed E-state index contributed by atoms with van der Waals surface area (Å²) in [6, 6.07) is 0. The highest BCUT2D eigenvalue weighted by Gasteiger charge is 2.42. The Kier molecular flexibility index (Phi) is 4.17. The third-order valence-corrected chi connectivity index (χ3v) is 3.41. The average Bonchev–Trinajstić information content (AvgIpc) is 2.62. The predicted molar refractivity (Wildman–Crippen MR) is 69.0 cm³/mol. The van der Waals surface area contributed by atoms with Gasteiger partial charge in [0.15, 0.2) is 6.23 Å². The van der Waals surface area contributed by atoms with Gasteiger partial charge in [0.2, 0.25) is 0 Å². The summed E-state index contributed by atoms with van der Waals surface area (Å²) in [5, 5.41) is 30.9. The molecule has 1 aliphatic rings. The Morgan fingerprint density at radius 2 is 2.22 bits per heavy atom. The molecule has 4 atom stereocenters. The molecular weight excluding hydrogens is 357 g/mol. The maximum Gasteiger partial charge on any atom is 0.346 e. The van der Waals surface area contributed by atoms with Crippen LogP contribution in [-0.4, -0.2) is 56.4 Å². The first-order valence-corrected chi connectivity index (χ1v) is 6.25. The van der Waals surface area contributed by atoms with Gasteiger partial charge in [-0.2, -0.15) is 4.98 Å². The van der Waals surface area contributed by atoms with Gasteiger partial charge in [-0.05, 0) is 22.6 Å². The fourth-order valence-electron chi connectivity index (χ4n) is 1.64. The van der Waals surface area contributed by atoms with E-state index in [1.54, 1.807) is 0 Å². The van der Waals surface area contributed by atoms with Gasteiger partial charge in [-0.15, -0.1) is 0 Å². The summed E-state index contributed by atoms with van der Waals surface area (Å²) in [6.45, 7) is -0.406. The van der Waals surface area contributed by atoms with Crippen molar-refractivity contribution in [2.45, 2.75) is 24.5 Å². The minimum absolute atomic E-state index is 0.245. The van der Waals surface area contributed by atoms with Crippen molar-refractivity contribution >= 4 is 28.4 Å². The van der Waals surface area contributed by atoms with Crippen LogP contribution in [0.2, 0.25) is 0 Å². The number of ether oxygens (including phenoxy) is 1. The zero-order valence-corrected chi connectivity index (χ0v) is 11.2. The van der Waals surface area contributed by atoms with Crippen LogP contribution in [0.25, 0.3) is 0 Å². The molecule has 0 bridgehead atoms. The van der Waals surface area contributed by atoms with Crippen molar-refractivity contribution in [1.29, 1.82) is 0 Å². The van der Waals surface area contributed by atoms with Crippen LogP contribution >= 0.6 is 22.6 Å². The van der Waals surface area contributed by atoms with Gasteiger partial charge in [0.05, 0.1) is 10.2 Å². The normalized spacial score (nSPS) is 31.6. The second-order valence-corrected chi connectivity index (χ2v) is 4.97. The molecule has 9 heteroatoms. The van der Waals surface area contributed by atoms with Gasteiger partial charge in [-0.3, -0.25) is 0 Å². The van der Waals surface area contributed by atoms with Gasteiger partial charge in [-0.25, -0.2) is 4.79 Å². The first-order valence-electron chi connectivity index (χ1n) is 5.17. The molecule has 0 amide bonds. The molecular formula is C9H12IN3O5. The predicted octanol–water partition coefficient (Wildman–Crippen LogP) is -1.77. The quantitative estimate of drug-likeness (QED) is 0.399. The molecule has 1 aliphatic heterocycles. The standard InChI is InChI=1S/C9H12IN3O5/c10-3-1-11-9(17)13-7(3)12-8-6(16)5(15)4(2-14)18-8/h1,4-6,8,14-16H,2H2,(H2,11,12,13,17)/t4-,5+,6-,8-/m1/s1. The first-order chi connectivity index (χ1) is 8.52. The van der Waals surface area contributed by atoms with Gasteiger partial charge in [0.25, 0.3) is 0 Å². The highest BCUT2D eigenvalue weighted by atomic mass is 127. The van der Waals surface area contributed by atoms with E-state index < -0.39 is 36.8 Å². The second kappa shape index (κ2) is 5.48. The van der Waals surface area contributed by atoms with E-state index in [1.165, 1.54) is 6.20 Å². The molecule has 2 rings (SSSR count). The van der Waals surface area contributed by atoms with E-state index in [4.69, 9.17) is 9.84 Å². The summed E-state index contributed by atoms with van der Waals surface area (Å²) in [5.41, 5.74) is -0.537. The van der Waals surface area contributed by atoms with Gasteiger partial charge in [0, 0.05) is 6.20 Å². The number of rotatable bonds is 3. The lowest BCUT2D eigenvalue weighted by atomic mass is 10.1. The third-order valence-electron chi connectivity index (χ3n) is 2.58. The monoisotopic (exact) mass is 369 g/mol. The van der Waals surface area contributed by atoms with E-state index in [0.717, 1.165) is 0 Å². The Balaban J connectivity index is 2.15. The molecule has 1 aromatic rings. The molecule has 1 saturated heterocycles. The first kappa shape index (κ1) is 13.7. The number of H-pyrrole nitrogens is 1. The number of hydrogen-bond donors (Lipinski definition) is 5. The van der Waals surface area contributed by atoms with E-state index in [2.05, 4.69) is 15.3 Å². The molecule has 8 nitrogen and oxygen atoms in total. The summed E-state index contributed by atoms with van der Waals surface area (Å²) in [7, 11) is 0. The van der Waals surface area contributed by atoms with E-state index in [9.17, 15) is 15.0 Å².